The smallest absolute Gasteiger partial charge is 0.0608 e. The molecule has 0 aromatic heterocycles. The van der Waals surface area contributed by atoms with Crippen LogP contribution >= 0.6 is 11.6 Å². The minimum atomic E-state index is -0.229. The van der Waals surface area contributed by atoms with Gasteiger partial charge in [-0.3, -0.25) is 0 Å². The van der Waals surface area contributed by atoms with Crippen molar-refractivity contribution >= 4 is 11.6 Å². The highest BCUT2D eigenvalue weighted by Gasteiger charge is 2.17. The lowest BCUT2D eigenvalue weighted by molar-refractivity contribution is 0.0987. The van der Waals surface area contributed by atoms with Crippen molar-refractivity contribution in [3.05, 3.63) is 34.9 Å². The number of aliphatic hydroxyl groups is 1. The Bertz CT molecular complexity index is 307. The van der Waals surface area contributed by atoms with Crippen LogP contribution in [0.15, 0.2) is 24.3 Å². The summed E-state index contributed by atoms with van der Waals surface area (Å²) in [4.78, 5) is 0. The maximum atomic E-state index is 10.2. The number of halogens is 1. The molecule has 96 valence electrons. The number of rotatable bonds is 7. The van der Waals surface area contributed by atoms with Crippen molar-refractivity contribution in [1.29, 1.82) is 0 Å². The molecule has 0 saturated heterocycles. The van der Waals surface area contributed by atoms with E-state index in [2.05, 4.69) is 13.8 Å². The van der Waals surface area contributed by atoms with Crippen molar-refractivity contribution in [3.8, 4) is 0 Å². The van der Waals surface area contributed by atoms with Gasteiger partial charge in [-0.25, -0.2) is 0 Å². The quantitative estimate of drug-likeness (QED) is 0.762. The van der Waals surface area contributed by atoms with Gasteiger partial charge in [-0.1, -0.05) is 56.8 Å². The first-order chi connectivity index (χ1) is 8.17. The van der Waals surface area contributed by atoms with Gasteiger partial charge < -0.3 is 5.11 Å². The van der Waals surface area contributed by atoms with E-state index in [1.807, 2.05) is 24.3 Å². The van der Waals surface area contributed by atoms with E-state index < -0.39 is 0 Å². The summed E-state index contributed by atoms with van der Waals surface area (Å²) in [5.74, 6) is 0.422. The summed E-state index contributed by atoms with van der Waals surface area (Å²) >= 11 is 5.84. The topological polar surface area (TPSA) is 20.2 Å². The highest BCUT2D eigenvalue weighted by Crippen LogP contribution is 2.20. The molecule has 0 aliphatic heterocycles. The van der Waals surface area contributed by atoms with Crippen LogP contribution in [0.4, 0.5) is 0 Å². The standard InChI is InChI=1S/C15H23ClO/c1-3-5-6-13(4-2)15(17)11-12-7-9-14(16)10-8-12/h7-10,13,15,17H,3-6,11H2,1-2H3. The summed E-state index contributed by atoms with van der Waals surface area (Å²) in [5.41, 5.74) is 1.16. The lowest BCUT2D eigenvalue weighted by Crippen LogP contribution is -2.22. The number of hydrogen-bond acceptors (Lipinski definition) is 1. The second-order valence-corrected chi connectivity index (χ2v) is 5.14. The van der Waals surface area contributed by atoms with Crippen LogP contribution in [-0.2, 0) is 6.42 Å². The van der Waals surface area contributed by atoms with Crippen LogP contribution in [0.2, 0.25) is 5.02 Å². The average molecular weight is 255 g/mol. The van der Waals surface area contributed by atoms with E-state index in [0.717, 1.165) is 29.8 Å². The zero-order chi connectivity index (χ0) is 12.7. The van der Waals surface area contributed by atoms with E-state index >= 15 is 0 Å². The molecule has 0 saturated carbocycles. The maximum Gasteiger partial charge on any atom is 0.0608 e. The first-order valence-corrected chi connectivity index (χ1v) is 6.97. The summed E-state index contributed by atoms with van der Waals surface area (Å²) < 4.78 is 0. The predicted molar refractivity (Wildman–Crippen MR) is 74.5 cm³/mol. The SMILES string of the molecule is CCCCC(CC)C(O)Cc1ccc(Cl)cc1. The van der Waals surface area contributed by atoms with Gasteiger partial charge in [-0.2, -0.15) is 0 Å². The number of unbranched alkanes of at least 4 members (excludes halogenated alkanes) is 1. The van der Waals surface area contributed by atoms with Crippen LogP contribution < -0.4 is 0 Å². The molecule has 0 aliphatic rings. The molecule has 17 heavy (non-hydrogen) atoms. The molecule has 1 aromatic rings. The molecule has 0 spiro atoms. The van der Waals surface area contributed by atoms with Crippen LogP contribution in [0.1, 0.15) is 45.1 Å². The summed E-state index contributed by atoms with van der Waals surface area (Å²) in [7, 11) is 0. The minimum absolute atomic E-state index is 0.229. The molecule has 2 unspecified atom stereocenters. The Balaban J connectivity index is 2.51. The second-order valence-electron chi connectivity index (χ2n) is 4.71. The van der Waals surface area contributed by atoms with E-state index in [4.69, 9.17) is 11.6 Å². The van der Waals surface area contributed by atoms with Crippen LogP contribution in [-0.4, -0.2) is 11.2 Å². The van der Waals surface area contributed by atoms with Gasteiger partial charge in [0.15, 0.2) is 0 Å². The number of hydrogen-bond donors (Lipinski definition) is 1. The predicted octanol–water partition coefficient (Wildman–Crippen LogP) is 4.46. The Kier molecular flexibility index (Phi) is 6.61. The Morgan fingerprint density at radius 3 is 2.35 bits per heavy atom. The summed E-state index contributed by atoms with van der Waals surface area (Å²) in [6.07, 6.45) is 5.09. The number of benzene rings is 1. The fourth-order valence-corrected chi connectivity index (χ4v) is 2.29. The normalized spacial score (nSPS) is 14.6. The van der Waals surface area contributed by atoms with Gasteiger partial charge in [0.05, 0.1) is 6.10 Å². The largest absolute Gasteiger partial charge is 0.392 e. The monoisotopic (exact) mass is 254 g/mol. The number of aliphatic hydroxyl groups excluding tert-OH is 1. The van der Waals surface area contributed by atoms with Gasteiger partial charge >= 0.3 is 0 Å². The third kappa shape index (κ3) is 5.10. The Morgan fingerprint density at radius 1 is 1.18 bits per heavy atom. The molecular weight excluding hydrogens is 232 g/mol. The first kappa shape index (κ1) is 14.5. The fourth-order valence-electron chi connectivity index (χ4n) is 2.16. The van der Waals surface area contributed by atoms with E-state index in [0.29, 0.717) is 5.92 Å². The zero-order valence-electron chi connectivity index (χ0n) is 10.8. The van der Waals surface area contributed by atoms with Gasteiger partial charge in [0.2, 0.25) is 0 Å². The minimum Gasteiger partial charge on any atom is -0.392 e. The molecule has 1 nitrogen and oxygen atoms in total. The van der Waals surface area contributed by atoms with Crippen LogP contribution in [0.5, 0.6) is 0 Å². The lowest BCUT2D eigenvalue weighted by atomic mass is 9.89. The van der Waals surface area contributed by atoms with Crippen molar-refractivity contribution in [2.45, 2.75) is 52.1 Å². The molecule has 0 aliphatic carbocycles. The summed E-state index contributed by atoms with van der Waals surface area (Å²) in [5, 5.41) is 11.0. The van der Waals surface area contributed by atoms with Gasteiger partial charge in [-0.15, -0.1) is 0 Å². The summed E-state index contributed by atoms with van der Waals surface area (Å²) in [6.45, 7) is 4.35. The summed E-state index contributed by atoms with van der Waals surface area (Å²) in [6, 6.07) is 7.77. The molecule has 1 rings (SSSR count). The molecule has 0 radical (unpaired) electrons. The third-order valence-electron chi connectivity index (χ3n) is 3.36. The Labute approximate surface area is 110 Å². The van der Waals surface area contributed by atoms with E-state index in [1.54, 1.807) is 0 Å². The van der Waals surface area contributed by atoms with Crippen molar-refractivity contribution < 1.29 is 5.11 Å². The molecular formula is C15H23ClO. The average Bonchev–Trinajstić information content (AvgIpc) is 2.33. The lowest BCUT2D eigenvalue weighted by Gasteiger charge is -2.21. The van der Waals surface area contributed by atoms with Crippen LogP contribution in [0, 0.1) is 5.92 Å². The molecule has 0 bridgehead atoms. The van der Waals surface area contributed by atoms with Crippen LogP contribution in [0.3, 0.4) is 0 Å². The van der Waals surface area contributed by atoms with Crippen LogP contribution in [0.25, 0.3) is 0 Å². The molecule has 1 N–H and O–H groups in total. The highest BCUT2D eigenvalue weighted by molar-refractivity contribution is 6.30. The fraction of sp³-hybridized carbons (Fsp3) is 0.600. The molecule has 1 aromatic carbocycles. The van der Waals surface area contributed by atoms with E-state index in [9.17, 15) is 5.11 Å². The third-order valence-corrected chi connectivity index (χ3v) is 3.61. The molecule has 0 heterocycles. The van der Waals surface area contributed by atoms with Crippen molar-refractivity contribution in [1.82, 2.24) is 0 Å². The van der Waals surface area contributed by atoms with Crippen molar-refractivity contribution in [2.75, 3.05) is 0 Å². The Hall–Kier alpha value is -0.530. The van der Waals surface area contributed by atoms with Crippen molar-refractivity contribution in [3.63, 3.8) is 0 Å². The Morgan fingerprint density at radius 2 is 1.82 bits per heavy atom. The molecule has 0 fully saturated rings. The highest BCUT2D eigenvalue weighted by atomic mass is 35.5. The van der Waals surface area contributed by atoms with Gasteiger partial charge in [0.1, 0.15) is 0 Å². The molecule has 0 amide bonds. The second kappa shape index (κ2) is 7.73. The van der Waals surface area contributed by atoms with E-state index in [1.165, 1.54) is 12.8 Å². The van der Waals surface area contributed by atoms with Crippen molar-refractivity contribution in [2.24, 2.45) is 5.92 Å². The van der Waals surface area contributed by atoms with Gasteiger partial charge in [0, 0.05) is 5.02 Å². The molecule has 2 heteroatoms. The van der Waals surface area contributed by atoms with Gasteiger partial charge in [-0.05, 0) is 36.5 Å². The first-order valence-electron chi connectivity index (χ1n) is 6.59. The molecule has 2 atom stereocenters. The van der Waals surface area contributed by atoms with E-state index in [-0.39, 0.29) is 6.10 Å². The zero-order valence-corrected chi connectivity index (χ0v) is 11.6. The maximum absolute atomic E-state index is 10.2. The van der Waals surface area contributed by atoms with Gasteiger partial charge in [0.25, 0.3) is 0 Å².